The van der Waals surface area contributed by atoms with Crippen LogP contribution >= 0.6 is 0 Å². The van der Waals surface area contributed by atoms with Crippen molar-refractivity contribution in [1.82, 2.24) is 10.3 Å². The van der Waals surface area contributed by atoms with Gasteiger partial charge in [-0.05, 0) is 31.4 Å². The number of aromatic amines is 1. The van der Waals surface area contributed by atoms with Crippen molar-refractivity contribution in [2.45, 2.75) is 19.4 Å². The second kappa shape index (κ2) is 3.75. The zero-order chi connectivity index (χ0) is 9.10. The van der Waals surface area contributed by atoms with E-state index < -0.39 is 0 Å². The van der Waals surface area contributed by atoms with Gasteiger partial charge in [-0.15, -0.1) is 0 Å². The first-order valence-electron chi connectivity index (χ1n) is 4.73. The molecule has 3 heteroatoms. The third-order valence-corrected chi connectivity index (χ3v) is 2.27. The lowest BCUT2D eigenvalue weighted by Crippen LogP contribution is -2.19. The SMILES string of the molecule is O=c1cccc(CNCC2CC2)[nH]1. The minimum atomic E-state index is -0.0225. The van der Waals surface area contributed by atoms with Crippen LogP contribution in [0.3, 0.4) is 0 Å². The molecule has 1 fully saturated rings. The van der Waals surface area contributed by atoms with Gasteiger partial charge in [-0.2, -0.15) is 0 Å². The van der Waals surface area contributed by atoms with Crippen LogP contribution in [0.1, 0.15) is 18.5 Å². The topological polar surface area (TPSA) is 44.9 Å². The van der Waals surface area contributed by atoms with Crippen LogP contribution in [-0.2, 0) is 6.54 Å². The molecule has 2 N–H and O–H groups in total. The molecule has 0 aliphatic heterocycles. The molecular weight excluding hydrogens is 164 g/mol. The van der Waals surface area contributed by atoms with Gasteiger partial charge in [0, 0.05) is 18.3 Å². The summed E-state index contributed by atoms with van der Waals surface area (Å²) in [6.45, 7) is 1.85. The van der Waals surface area contributed by atoms with Crippen LogP contribution in [0.25, 0.3) is 0 Å². The Hall–Kier alpha value is -1.09. The summed E-state index contributed by atoms with van der Waals surface area (Å²) < 4.78 is 0. The van der Waals surface area contributed by atoms with E-state index in [0.717, 1.165) is 24.7 Å². The number of hydrogen-bond donors (Lipinski definition) is 2. The minimum Gasteiger partial charge on any atom is -0.325 e. The molecule has 0 spiro atoms. The molecule has 0 bridgehead atoms. The summed E-state index contributed by atoms with van der Waals surface area (Å²) in [6.07, 6.45) is 2.72. The van der Waals surface area contributed by atoms with Gasteiger partial charge in [0.15, 0.2) is 0 Å². The first-order chi connectivity index (χ1) is 6.34. The number of nitrogens with one attached hydrogen (secondary N) is 2. The largest absolute Gasteiger partial charge is 0.325 e. The van der Waals surface area contributed by atoms with Crippen molar-refractivity contribution in [3.8, 4) is 0 Å². The Morgan fingerprint density at radius 1 is 1.46 bits per heavy atom. The van der Waals surface area contributed by atoms with Crippen LogP contribution in [0.4, 0.5) is 0 Å². The van der Waals surface area contributed by atoms with E-state index in [-0.39, 0.29) is 5.56 Å². The van der Waals surface area contributed by atoms with E-state index in [4.69, 9.17) is 0 Å². The summed E-state index contributed by atoms with van der Waals surface area (Å²) in [5, 5.41) is 3.32. The molecule has 1 aliphatic rings. The molecule has 13 heavy (non-hydrogen) atoms. The molecule has 0 aromatic carbocycles. The molecule has 1 heterocycles. The summed E-state index contributed by atoms with van der Waals surface area (Å²) in [7, 11) is 0. The zero-order valence-electron chi connectivity index (χ0n) is 7.55. The quantitative estimate of drug-likeness (QED) is 0.718. The molecule has 2 rings (SSSR count). The average molecular weight is 178 g/mol. The fourth-order valence-corrected chi connectivity index (χ4v) is 1.33. The van der Waals surface area contributed by atoms with Gasteiger partial charge in [-0.25, -0.2) is 0 Å². The third-order valence-electron chi connectivity index (χ3n) is 2.27. The summed E-state index contributed by atoms with van der Waals surface area (Å²) in [5.41, 5.74) is 0.943. The van der Waals surface area contributed by atoms with Crippen LogP contribution < -0.4 is 10.9 Å². The van der Waals surface area contributed by atoms with Crippen molar-refractivity contribution < 1.29 is 0 Å². The van der Waals surface area contributed by atoms with E-state index >= 15 is 0 Å². The molecule has 3 nitrogen and oxygen atoms in total. The van der Waals surface area contributed by atoms with E-state index in [1.165, 1.54) is 18.9 Å². The molecule has 70 valence electrons. The Morgan fingerprint density at radius 3 is 3.00 bits per heavy atom. The fourth-order valence-electron chi connectivity index (χ4n) is 1.33. The van der Waals surface area contributed by atoms with Gasteiger partial charge in [-0.3, -0.25) is 4.79 Å². The summed E-state index contributed by atoms with van der Waals surface area (Å²) in [5.74, 6) is 0.885. The number of H-pyrrole nitrogens is 1. The van der Waals surface area contributed by atoms with E-state index in [1.807, 2.05) is 6.07 Å². The van der Waals surface area contributed by atoms with Crippen molar-refractivity contribution >= 4 is 0 Å². The van der Waals surface area contributed by atoms with Gasteiger partial charge >= 0.3 is 0 Å². The highest BCUT2D eigenvalue weighted by molar-refractivity contribution is 5.03. The van der Waals surface area contributed by atoms with Crippen LogP contribution in [-0.4, -0.2) is 11.5 Å². The van der Waals surface area contributed by atoms with Crippen molar-refractivity contribution in [3.63, 3.8) is 0 Å². The van der Waals surface area contributed by atoms with Gasteiger partial charge < -0.3 is 10.3 Å². The minimum absolute atomic E-state index is 0.0225. The van der Waals surface area contributed by atoms with Gasteiger partial charge in [0.25, 0.3) is 0 Å². The molecule has 1 saturated carbocycles. The first-order valence-corrected chi connectivity index (χ1v) is 4.73. The predicted molar refractivity (Wildman–Crippen MR) is 51.5 cm³/mol. The number of aromatic nitrogens is 1. The molecule has 0 unspecified atom stereocenters. The molecular formula is C10H14N2O. The molecule has 1 aliphatic carbocycles. The highest BCUT2D eigenvalue weighted by Crippen LogP contribution is 2.27. The molecule has 0 atom stereocenters. The summed E-state index contributed by atoms with van der Waals surface area (Å²) in [6, 6.07) is 5.25. The maximum atomic E-state index is 10.9. The first kappa shape index (κ1) is 8.51. The molecule has 1 aromatic heterocycles. The Kier molecular flexibility index (Phi) is 2.45. The number of hydrogen-bond acceptors (Lipinski definition) is 2. The third kappa shape index (κ3) is 2.70. The van der Waals surface area contributed by atoms with Gasteiger partial charge in [0.2, 0.25) is 5.56 Å². The zero-order valence-corrected chi connectivity index (χ0v) is 7.55. The highest BCUT2D eigenvalue weighted by atomic mass is 16.1. The number of pyridine rings is 1. The lowest BCUT2D eigenvalue weighted by molar-refractivity contribution is 0.629. The Labute approximate surface area is 77.2 Å². The molecule has 0 amide bonds. The monoisotopic (exact) mass is 178 g/mol. The molecule has 0 radical (unpaired) electrons. The lowest BCUT2D eigenvalue weighted by atomic mass is 10.3. The Morgan fingerprint density at radius 2 is 2.31 bits per heavy atom. The van der Waals surface area contributed by atoms with Gasteiger partial charge in [-0.1, -0.05) is 6.07 Å². The van der Waals surface area contributed by atoms with E-state index in [9.17, 15) is 4.79 Å². The maximum Gasteiger partial charge on any atom is 0.248 e. The van der Waals surface area contributed by atoms with Crippen LogP contribution in [0.15, 0.2) is 23.0 Å². The summed E-state index contributed by atoms with van der Waals surface area (Å²) >= 11 is 0. The highest BCUT2D eigenvalue weighted by Gasteiger charge is 2.19. The van der Waals surface area contributed by atoms with Crippen molar-refractivity contribution in [2.24, 2.45) is 5.92 Å². The van der Waals surface area contributed by atoms with Crippen molar-refractivity contribution in [2.75, 3.05) is 6.54 Å². The smallest absolute Gasteiger partial charge is 0.248 e. The van der Waals surface area contributed by atoms with E-state index in [1.54, 1.807) is 6.07 Å². The molecule has 1 aromatic rings. The molecule has 0 saturated heterocycles. The standard InChI is InChI=1S/C10H14N2O/c13-10-3-1-2-9(12-10)7-11-6-8-4-5-8/h1-3,8,11H,4-7H2,(H,12,13). The maximum absolute atomic E-state index is 10.9. The second-order valence-corrected chi connectivity index (χ2v) is 3.61. The van der Waals surface area contributed by atoms with E-state index in [0.29, 0.717) is 0 Å². The van der Waals surface area contributed by atoms with Gasteiger partial charge in [0.1, 0.15) is 0 Å². The van der Waals surface area contributed by atoms with Crippen molar-refractivity contribution in [1.29, 1.82) is 0 Å². The van der Waals surface area contributed by atoms with Crippen LogP contribution in [0.2, 0.25) is 0 Å². The fraction of sp³-hybridized carbons (Fsp3) is 0.500. The van der Waals surface area contributed by atoms with Crippen LogP contribution in [0, 0.1) is 5.92 Å². The predicted octanol–water partition coefficient (Wildman–Crippen LogP) is 0.874. The Balaban J connectivity index is 1.82. The number of rotatable bonds is 4. The van der Waals surface area contributed by atoms with Gasteiger partial charge in [0.05, 0.1) is 0 Å². The normalized spacial score (nSPS) is 16.0. The van der Waals surface area contributed by atoms with Crippen LogP contribution in [0.5, 0.6) is 0 Å². The Bertz CT molecular complexity index is 328. The van der Waals surface area contributed by atoms with Crippen molar-refractivity contribution in [3.05, 3.63) is 34.2 Å². The van der Waals surface area contributed by atoms with E-state index in [2.05, 4.69) is 10.3 Å². The lowest BCUT2D eigenvalue weighted by Gasteiger charge is -2.02. The second-order valence-electron chi connectivity index (χ2n) is 3.61. The average Bonchev–Trinajstić information content (AvgIpc) is 2.88. The summed E-state index contributed by atoms with van der Waals surface area (Å²) in [4.78, 5) is 13.7.